The highest BCUT2D eigenvalue weighted by Crippen LogP contribution is 2.09. The Hall–Kier alpha value is -1.84. The summed E-state index contributed by atoms with van der Waals surface area (Å²) < 4.78 is 11.0. The number of nitrogens with zero attached hydrogens (tertiary/aromatic N) is 2. The lowest BCUT2D eigenvalue weighted by atomic mass is 10.3. The van der Waals surface area contributed by atoms with Crippen LogP contribution < -0.4 is 26.1 Å². The molecule has 0 aliphatic heterocycles. The molecule has 1 aromatic heterocycles. The number of hydrogen-bond donors (Lipinski definition) is 4. The van der Waals surface area contributed by atoms with Gasteiger partial charge in [0.25, 0.3) is 0 Å². The first-order valence-electron chi connectivity index (χ1n) is 7.23. The average molecular weight is 392 g/mol. The zero-order valence-corrected chi connectivity index (χ0v) is 15.3. The Balaban J connectivity index is 0.00000288. The van der Waals surface area contributed by atoms with E-state index >= 15 is 0 Å². The minimum absolute atomic E-state index is 0. The largest absolute Gasteiger partial charge is 0.491 e. The Morgan fingerprint density at radius 3 is 2.44 bits per heavy atom. The number of halogens is 2. The first-order chi connectivity index (χ1) is 11.2. The van der Waals surface area contributed by atoms with Gasteiger partial charge in [-0.25, -0.2) is 5.84 Å². The van der Waals surface area contributed by atoms with E-state index in [1.165, 1.54) is 0 Å². The zero-order valence-electron chi connectivity index (χ0n) is 13.7. The standard InChI is InChI=1S/C15H21N5O3.2ClH/c1-11(23-15-8-7-14(18-16)19-20-15)17-9-12(21)10-22-13-5-3-2-4-6-13;;/h2-8,11-12,17,21H,9-10,16H2,1H3,(H,18,19);2*1H. The van der Waals surface area contributed by atoms with Crippen molar-refractivity contribution in [2.75, 3.05) is 18.6 Å². The Labute approximate surface area is 158 Å². The summed E-state index contributed by atoms with van der Waals surface area (Å²) in [6, 6.07) is 12.6. The van der Waals surface area contributed by atoms with Gasteiger partial charge in [-0.05, 0) is 25.1 Å². The highest BCUT2D eigenvalue weighted by atomic mass is 35.5. The number of aliphatic hydroxyl groups is 1. The quantitative estimate of drug-likeness (QED) is 0.287. The van der Waals surface area contributed by atoms with Crippen molar-refractivity contribution < 1.29 is 14.6 Å². The van der Waals surface area contributed by atoms with Crippen LogP contribution in [0.2, 0.25) is 0 Å². The molecule has 140 valence electrons. The molecule has 25 heavy (non-hydrogen) atoms. The fraction of sp³-hybridized carbons (Fsp3) is 0.333. The lowest BCUT2D eigenvalue weighted by Crippen LogP contribution is -2.39. The smallest absolute Gasteiger partial charge is 0.235 e. The van der Waals surface area contributed by atoms with Crippen molar-refractivity contribution in [2.45, 2.75) is 19.3 Å². The topological polar surface area (TPSA) is 115 Å². The van der Waals surface area contributed by atoms with Gasteiger partial charge in [-0.2, -0.15) is 0 Å². The van der Waals surface area contributed by atoms with Gasteiger partial charge in [-0.3, -0.25) is 5.32 Å². The minimum atomic E-state index is -0.656. The molecule has 0 bridgehead atoms. The molecule has 8 nitrogen and oxygen atoms in total. The maximum absolute atomic E-state index is 9.90. The van der Waals surface area contributed by atoms with Crippen LogP contribution in [-0.4, -0.2) is 40.8 Å². The Bertz CT molecular complexity index is 577. The predicted octanol–water partition coefficient (Wildman–Crippen LogP) is 1.36. The zero-order chi connectivity index (χ0) is 16.5. The van der Waals surface area contributed by atoms with E-state index in [1.54, 1.807) is 12.1 Å². The van der Waals surface area contributed by atoms with Crippen molar-refractivity contribution in [3.63, 3.8) is 0 Å². The monoisotopic (exact) mass is 391 g/mol. The van der Waals surface area contributed by atoms with Crippen LogP contribution in [0.4, 0.5) is 5.82 Å². The summed E-state index contributed by atoms with van der Waals surface area (Å²) in [5.74, 6) is 6.74. The molecule has 0 saturated heterocycles. The van der Waals surface area contributed by atoms with Crippen LogP contribution in [0, 0.1) is 0 Å². The van der Waals surface area contributed by atoms with E-state index in [9.17, 15) is 5.11 Å². The van der Waals surface area contributed by atoms with Crippen molar-refractivity contribution in [3.05, 3.63) is 42.5 Å². The third-order valence-electron chi connectivity index (χ3n) is 2.91. The molecular weight excluding hydrogens is 369 g/mol. The van der Waals surface area contributed by atoms with Crippen LogP contribution in [0.3, 0.4) is 0 Å². The van der Waals surface area contributed by atoms with Crippen LogP contribution in [0.1, 0.15) is 6.92 Å². The maximum atomic E-state index is 9.90. The second-order valence-electron chi connectivity index (χ2n) is 4.85. The van der Waals surface area contributed by atoms with Gasteiger partial charge >= 0.3 is 0 Å². The number of aliphatic hydroxyl groups excluding tert-OH is 1. The first-order valence-corrected chi connectivity index (χ1v) is 7.23. The van der Waals surface area contributed by atoms with Gasteiger partial charge in [0.2, 0.25) is 5.88 Å². The second-order valence-corrected chi connectivity index (χ2v) is 4.85. The number of aromatic nitrogens is 2. The predicted molar refractivity (Wildman–Crippen MR) is 100 cm³/mol. The van der Waals surface area contributed by atoms with Gasteiger partial charge in [0.05, 0.1) is 0 Å². The molecule has 10 heteroatoms. The Morgan fingerprint density at radius 2 is 1.84 bits per heavy atom. The molecule has 0 saturated carbocycles. The maximum Gasteiger partial charge on any atom is 0.235 e. The molecular formula is C15H23Cl2N5O3. The fourth-order valence-electron chi connectivity index (χ4n) is 1.75. The van der Waals surface area contributed by atoms with Gasteiger partial charge in [-0.1, -0.05) is 18.2 Å². The number of nitrogens with one attached hydrogen (secondary N) is 2. The summed E-state index contributed by atoms with van der Waals surface area (Å²) in [7, 11) is 0. The van der Waals surface area contributed by atoms with E-state index in [0.29, 0.717) is 18.2 Å². The number of ether oxygens (including phenoxy) is 2. The first kappa shape index (κ1) is 23.2. The SMILES string of the molecule is CC(NCC(O)COc1ccccc1)Oc1ccc(NN)nn1.Cl.Cl. The van der Waals surface area contributed by atoms with Crippen LogP contribution >= 0.6 is 24.8 Å². The summed E-state index contributed by atoms with van der Waals surface area (Å²) in [5.41, 5.74) is 2.38. The number of rotatable bonds is 9. The van der Waals surface area contributed by atoms with E-state index in [2.05, 4.69) is 20.9 Å². The van der Waals surface area contributed by atoms with Gasteiger partial charge < -0.3 is 20.0 Å². The summed E-state index contributed by atoms with van der Waals surface area (Å²) in [5, 5.41) is 20.6. The van der Waals surface area contributed by atoms with Crippen molar-refractivity contribution in [3.8, 4) is 11.6 Å². The van der Waals surface area contributed by atoms with Crippen LogP contribution in [0.15, 0.2) is 42.5 Å². The van der Waals surface area contributed by atoms with Crippen LogP contribution in [-0.2, 0) is 0 Å². The van der Waals surface area contributed by atoms with Crippen molar-refractivity contribution in [1.82, 2.24) is 15.5 Å². The molecule has 2 unspecified atom stereocenters. The highest BCUT2D eigenvalue weighted by Gasteiger charge is 2.10. The number of hydrogen-bond acceptors (Lipinski definition) is 8. The van der Waals surface area contributed by atoms with E-state index < -0.39 is 6.10 Å². The highest BCUT2D eigenvalue weighted by molar-refractivity contribution is 5.85. The van der Waals surface area contributed by atoms with E-state index in [4.69, 9.17) is 15.3 Å². The van der Waals surface area contributed by atoms with Gasteiger partial charge in [0.15, 0.2) is 5.82 Å². The fourth-order valence-corrected chi connectivity index (χ4v) is 1.75. The Morgan fingerprint density at radius 1 is 1.12 bits per heavy atom. The number of nitrogens with two attached hydrogens (primary N) is 1. The molecule has 0 fully saturated rings. The molecule has 2 atom stereocenters. The minimum Gasteiger partial charge on any atom is -0.491 e. The summed E-state index contributed by atoms with van der Waals surface area (Å²) in [4.78, 5) is 0. The molecule has 0 amide bonds. The number of nitrogen functional groups attached to an aromatic ring is 1. The summed E-state index contributed by atoms with van der Waals surface area (Å²) in [6.45, 7) is 2.33. The van der Waals surface area contributed by atoms with E-state index in [1.807, 2.05) is 37.3 Å². The van der Waals surface area contributed by atoms with Crippen molar-refractivity contribution in [1.29, 1.82) is 0 Å². The van der Waals surface area contributed by atoms with Crippen LogP contribution in [0.5, 0.6) is 11.6 Å². The van der Waals surface area contributed by atoms with Crippen LogP contribution in [0.25, 0.3) is 0 Å². The van der Waals surface area contributed by atoms with E-state index in [0.717, 1.165) is 5.75 Å². The molecule has 5 N–H and O–H groups in total. The van der Waals surface area contributed by atoms with E-state index in [-0.39, 0.29) is 37.6 Å². The molecule has 0 aliphatic rings. The number of hydrazine groups is 1. The lowest BCUT2D eigenvalue weighted by Gasteiger charge is -2.18. The van der Waals surface area contributed by atoms with Gasteiger partial charge in [0.1, 0.15) is 24.7 Å². The Kier molecular flexibility index (Phi) is 11.6. The molecule has 2 aromatic rings. The molecule has 2 rings (SSSR count). The summed E-state index contributed by atoms with van der Waals surface area (Å²) in [6.07, 6.45) is -0.997. The number of para-hydroxylation sites is 1. The average Bonchev–Trinajstić information content (AvgIpc) is 2.60. The summed E-state index contributed by atoms with van der Waals surface area (Å²) >= 11 is 0. The van der Waals surface area contributed by atoms with Crippen molar-refractivity contribution in [2.24, 2.45) is 5.84 Å². The normalized spacial score (nSPS) is 12.1. The molecule has 1 aromatic carbocycles. The molecule has 0 spiro atoms. The third-order valence-corrected chi connectivity index (χ3v) is 2.91. The number of benzene rings is 1. The second kappa shape index (κ2) is 12.5. The molecule has 0 radical (unpaired) electrons. The van der Waals surface area contributed by atoms with Gasteiger partial charge in [-0.15, -0.1) is 35.0 Å². The molecule has 0 aliphatic carbocycles. The molecule has 1 heterocycles. The third kappa shape index (κ3) is 8.71. The van der Waals surface area contributed by atoms with Gasteiger partial charge in [0, 0.05) is 12.6 Å². The van der Waals surface area contributed by atoms with Crippen molar-refractivity contribution >= 4 is 30.6 Å². The number of anilines is 1. The lowest BCUT2D eigenvalue weighted by molar-refractivity contribution is 0.0853.